The number of ether oxygens (including phenoxy) is 1. The van der Waals surface area contributed by atoms with Crippen LogP contribution in [0.1, 0.15) is 36.8 Å². The van der Waals surface area contributed by atoms with Gasteiger partial charge in [-0.3, -0.25) is 9.59 Å². The van der Waals surface area contributed by atoms with Crippen LogP contribution in [0.3, 0.4) is 0 Å². The molecule has 4 rings (SSSR count). The van der Waals surface area contributed by atoms with Crippen molar-refractivity contribution in [3.05, 3.63) is 59.7 Å². The van der Waals surface area contributed by atoms with E-state index in [9.17, 15) is 9.59 Å². The van der Waals surface area contributed by atoms with Gasteiger partial charge < -0.3 is 15.4 Å². The summed E-state index contributed by atoms with van der Waals surface area (Å²) in [6.45, 7) is 3.76. The number of hydrogen-bond donors (Lipinski definition) is 1. The van der Waals surface area contributed by atoms with Crippen molar-refractivity contribution in [3.63, 3.8) is 0 Å². The lowest BCUT2D eigenvalue weighted by molar-refractivity contribution is -0.147. The summed E-state index contributed by atoms with van der Waals surface area (Å²) in [5.74, 6) is -0.317. The number of amides is 2. The van der Waals surface area contributed by atoms with Crippen molar-refractivity contribution in [1.29, 1.82) is 0 Å². The van der Waals surface area contributed by atoms with E-state index in [2.05, 4.69) is 55.5 Å². The maximum atomic E-state index is 12.8. The van der Waals surface area contributed by atoms with Gasteiger partial charge in [0.1, 0.15) is 6.10 Å². The number of carbonyl (C=O) groups is 2. The summed E-state index contributed by atoms with van der Waals surface area (Å²) in [7, 11) is 0. The predicted octanol–water partition coefficient (Wildman–Crippen LogP) is 3.48. The third kappa shape index (κ3) is 4.26. The molecule has 0 aromatic heterocycles. The van der Waals surface area contributed by atoms with Gasteiger partial charge in [-0.05, 0) is 55.7 Å². The van der Waals surface area contributed by atoms with E-state index in [1.54, 1.807) is 4.90 Å². The smallest absolute Gasteiger partial charge is 0.251 e. The minimum atomic E-state index is -0.724. The molecule has 0 unspecified atom stereocenters. The highest BCUT2D eigenvalue weighted by molar-refractivity contribution is 5.85. The fourth-order valence-corrected chi connectivity index (χ4v) is 4.68. The lowest BCUT2D eigenvalue weighted by Crippen LogP contribution is -2.55. The second-order valence-corrected chi connectivity index (χ2v) is 8.75. The van der Waals surface area contributed by atoms with Crippen LogP contribution >= 0.6 is 0 Å². The first kappa shape index (κ1) is 20.6. The number of likely N-dealkylation sites (tertiary alicyclic amines) is 1. The lowest BCUT2D eigenvalue weighted by atomic mass is 9.74. The summed E-state index contributed by atoms with van der Waals surface area (Å²) >= 11 is 0. The van der Waals surface area contributed by atoms with E-state index in [1.165, 1.54) is 11.1 Å². The standard InChI is InChI=1S/C25H30N2O3/c1-18-5-9-20(10-6-18)21-11-7-19(8-12-21)16-25(24(26)29)13-3-14-27(17-25)23(28)22-4-2-15-30-22/h5-12,22H,2-4,13-17H2,1H3,(H2,26,29)/t22-,25-/m1/s1. The Hall–Kier alpha value is -2.66. The molecule has 5 heteroatoms. The zero-order valence-corrected chi connectivity index (χ0v) is 17.6. The molecular formula is C25H30N2O3. The molecular weight excluding hydrogens is 376 g/mol. The Morgan fingerprint density at radius 3 is 2.33 bits per heavy atom. The summed E-state index contributed by atoms with van der Waals surface area (Å²) in [5.41, 5.74) is 9.78. The van der Waals surface area contributed by atoms with Crippen LogP contribution in [-0.4, -0.2) is 42.5 Å². The van der Waals surface area contributed by atoms with Crippen LogP contribution in [-0.2, 0) is 20.7 Å². The molecule has 5 nitrogen and oxygen atoms in total. The Morgan fingerprint density at radius 2 is 1.73 bits per heavy atom. The zero-order valence-electron chi connectivity index (χ0n) is 17.6. The fraction of sp³-hybridized carbons (Fsp3) is 0.440. The van der Waals surface area contributed by atoms with E-state index >= 15 is 0 Å². The molecule has 0 radical (unpaired) electrons. The van der Waals surface area contributed by atoms with Gasteiger partial charge in [-0.25, -0.2) is 0 Å². The van der Waals surface area contributed by atoms with E-state index in [4.69, 9.17) is 10.5 Å². The molecule has 2 aromatic carbocycles. The van der Waals surface area contributed by atoms with Crippen molar-refractivity contribution in [2.45, 2.75) is 45.1 Å². The van der Waals surface area contributed by atoms with E-state index < -0.39 is 5.41 Å². The number of hydrogen-bond acceptors (Lipinski definition) is 3. The molecule has 30 heavy (non-hydrogen) atoms. The molecule has 2 aliphatic rings. The number of nitrogens with zero attached hydrogens (tertiary/aromatic N) is 1. The molecule has 2 aliphatic heterocycles. The Labute approximate surface area is 178 Å². The van der Waals surface area contributed by atoms with Crippen LogP contribution in [0.15, 0.2) is 48.5 Å². The van der Waals surface area contributed by atoms with Gasteiger partial charge in [0.15, 0.2) is 0 Å². The van der Waals surface area contributed by atoms with Gasteiger partial charge in [0.2, 0.25) is 5.91 Å². The molecule has 2 atom stereocenters. The average molecular weight is 407 g/mol. The van der Waals surface area contributed by atoms with Gasteiger partial charge in [0, 0.05) is 19.7 Å². The second kappa shape index (κ2) is 8.60. The summed E-state index contributed by atoms with van der Waals surface area (Å²) < 4.78 is 5.57. The summed E-state index contributed by atoms with van der Waals surface area (Å²) in [5, 5.41) is 0. The van der Waals surface area contributed by atoms with Crippen molar-refractivity contribution >= 4 is 11.8 Å². The molecule has 2 amide bonds. The van der Waals surface area contributed by atoms with Crippen LogP contribution < -0.4 is 5.73 Å². The highest BCUT2D eigenvalue weighted by atomic mass is 16.5. The third-order valence-corrected chi connectivity index (χ3v) is 6.50. The minimum absolute atomic E-state index is 0.00699. The molecule has 2 heterocycles. The first-order valence-electron chi connectivity index (χ1n) is 10.8. The average Bonchev–Trinajstić information content (AvgIpc) is 3.29. The Morgan fingerprint density at radius 1 is 1.07 bits per heavy atom. The molecule has 0 bridgehead atoms. The molecule has 0 spiro atoms. The fourth-order valence-electron chi connectivity index (χ4n) is 4.68. The summed E-state index contributed by atoms with van der Waals surface area (Å²) in [6.07, 6.45) is 3.35. The highest BCUT2D eigenvalue weighted by Crippen LogP contribution is 2.35. The van der Waals surface area contributed by atoms with E-state index in [0.29, 0.717) is 32.5 Å². The second-order valence-electron chi connectivity index (χ2n) is 8.75. The molecule has 2 saturated heterocycles. The SMILES string of the molecule is Cc1ccc(-c2ccc(C[C@]3(C(N)=O)CCCN(C(=O)[C@H]4CCCO4)C3)cc2)cc1. The normalized spacial score (nSPS) is 24.0. The van der Waals surface area contributed by atoms with Crippen LogP contribution in [0, 0.1) is 12.3 Å². The van der Waals surface area contributed by atoms with Gasteiger partial charge >= 0.3 is 0 Å². The predicted molar refractivity (Wildman–Crippen MR) is 117 cm³/mol. The van der Waals surface area contributed by atoms with Crippen LogP contribution in [0.4, 0.5) is 0 Å². The van der Waals surface area contributed by atoms with Gasteiger partial charge in [-0.2, -0.15) is 0 Å². The number of primary amides is 1. The first-order chi connectivity index (χ1) is 14.5. The minimum Gasteiger partial charge on any atom is -0.369 e. The molecule has 158 valence electrons. The Kier molecular flexibility index (Phi) is 5.91. The molecule has 2 N–H and O–H groups in total. The van der Waals surface area contributed by atoms with Gasteiger partial charge in [0.05, 0.1) is 5.41 Å². The highest BCUT2D eigenvalue weighted by Gasteiger charge is 2.43. The molecule has 2 aromatic rings. The largest absolute Gasteiger partial charge is 0.369 e. The van der Waals surface area contributed by atoms with Crippen LogP contribution in [0.25, 0.3) is 11.1 Å². The molecule has 0 saturated carbocycles. The Balaban J connectivity index is 1.50. The monoisotopic (exact) mass is 406 g/mol. The zero-order chi connectivity index (χ0) is 21.1. The number of rotatable bonds is 5. The Bertz CT molecular complexity index is 901. The maximum Gasteiger partial charge on any atom is 0.251 e. The first-order valence-corrected chi connectivity index (χ1v) is 10.8. The number of benzene rings is 2. The summed E-state index contributed by atoms with van der Waals surface area (Å²) in [6, 6.07) is 16.8. The van der Waals surface area contributed by atoms with Gasteiger partial charge in [-0.15, -0.1) is 0 Å². The van der Waals surface area contributed by atoms with Gasteiger partial charge in [0.25, 0.3) is 5.91 Å². The number of nitrogens with two attached hydrogens (primary N) is 1. The van der Waals surface area contributed by atoms with E-state index in [1.807, 2.05) is 0 Å². The lowest BCUT2D eigenvalue weighted by Gasteiger charge is -2.41. The van der Waals surface area contributed by atoms with Crippen molar-refractivity contribution in [2.75, 3.05) is 19.7 Å². The quantitative estimate of drug-likeness (QED) is 0.826. The van der Waals surface area contributed by atoms with Gasteiger partial charge in [-0.1, -0.05) is 54.1 Å². The molecule has 0 aliphatic carbocycles. The number of aryl methyl sites for hydroxylation is 1. The third-order valence-electron chi connectivity index (χ3n) is 6.50. The van der Waals surface area contributed by atoms with E-state index in [-0.39, 0.29) is 17.9 Å². The summed E-state index contributed by atoms with van der Waals surface area (Å²) in [4.78, 5) is 27.2. The van der Waals surface area contributed by atoms with E-state index in [0.717, 1.165) is 30.4 Å². The van der Waals surface area contributed by atoms with Crippen molar-refractivity contribution in [1.82, 2.24) is 4.90 Å². The van der Waals surface area contributed by atoms with Crippen LogP contribution in [0.2, 0.25) is 0 Å². The molecule has 2 fully saturated rings. The van der Waals surface area contributed by atoms with Crippen molar-refractivity contribution in [3.8, 4) is 11.1 Å². The maximum absolute atomic E-state index is 12.8. The van der Waals surface area contributed by atoms with Crippen molar-refractivity contribution in [2.24, 2.45) is 11.1 Å². The topological polar surface area (TPSA) is 72.6 Å². The van der Waals surface area contributed by atoms with Crippen LogP contribution in [0.5, 0.6) is 0 Å². The van der Waals surface area contributed by atoms with Crippen molar-refractivity contribution < 1.29 is 14.3 Å². The number of carbonyl (C=O) groups excluding carboxylic acids is 2. The number of piperidine rings is 1.